The molecule has 1 aliphatic heterocycles. The van der Waals surface area contributed by atoms with Gasteiger partial charge in [0.1, 0.15) is 12.0 Å². The molecule has 100 valence electrons. The summed E-state index contributed by atoms with van der Waals surface area (Å²) in [4.78, 5) is 14.0. The molecular weight excluding hydrogens is 250 g/mol. The average molecular weight is 264 g/mol. The predicted molar refractivity (Wildman–Crippen MR) is 68.7 cm³/mol. The maximum Gasteiger partial charge on any atom is 0.166 e. The number of fused-ring (bicyclic) bond motifs is 1. The number of carbonyl (C=O) groups is 1. The molecule has 1 fully saturated rings. The first-order valence-corrected chi connectivity index (χ1v) is 6.30. The van der Waals surface area contributed by atoms with Crippen LogP contribution < -0.4 is 5.32 Å². The number of benzene rings is 1. The van der Waals surface area contributed by atoms with Gasteiger partial charge in [-0.3, -0.25) is 4.79 Å². The van der Waals surface area contributed by atoms with Crippen LogP contribution in [0.4, 0.5) is 8.78 Å². The van der Waals surface area contributed by atoms with E-state index in [1.54, 1.807) is 6.07 Å². The lowest BCUT2D eigenvalue weighted by Gasteiger charge is -2.09. The van der Waals surface area contributed by atoms with Crippen LogP contribution in [0.1, 0.15) is 22.5 Å². The molecule has 2 atom stereocenters. The third-order valence-electron chi connectivity index (χ3n) is 3.64. The number of alkyl halides is 1. The van der Waals surface area contributed by atoms with Gasteiger partial charge in [-0.25, -0.2) is 8.78 Å². The number of aromatic nitrogens is 1. The molecule has 0 bridgehead atoms. The van der Waals surface area contributed by atoms with Gasteiger partial charge in [0.05, 0.1) is 5.69 Å². The molecule has 2 heterocycles. The molecule has 0 spiro atoms. The van der Waals surface area contributed by atoms with Crippen molar-refractivity contribution in [1.82, 2.24) is 10.3 Å². The maximum atomic E-state index is 13.2. The molecule has 5 heteroatoms. The fraction of sp³-hybridized carbons (Fsp3) is 0.357. The number of carbonyl (C=O) groups excluding carboxylic acids is 1. The highest BCUT2D eigenvalue weighted by Crippen LogP contribution is 2.25. The van der Waals surface area contributed by atoms with E-state index in [1.165, 1.54) is 12.1 Å². The van der Waals surface area contributed by atoms with E-state index in [1.807, 2.05) is 0 Å². The molecule has 3 rings (SSSR count). The third kappa shape index (κ3) is 2.26. The zero-order chi connectivity index (χ0) is 13.4. The third-order valence-corrected chi connectivity index (χ3v) is 3.64. The largest absolute Gasteiger partial charge is 0.352 e. The summed E-state index contributed by atoms with van der Waals surface area (Å²) in [7, 11) is 0. The lowest BCUT2D eigenvalue weighted by molar-refractivity contribution is 0.111. The second kappa shape index (κ2) is 4.74. The molecule has 19 heavy (non-hydrogen) atoms. The maximum absolute atomic E-state index is 13.2. The number of aldehydes is 1. The first kappa shape index (κ1) is 12.3. The van der Waals surface area contributed by atoms with E-state index in [-0.39, 0.29) is 11.9 Å². The molecule has 0 aliphatic carbocycles. The minimum atomic E-state index is -0.827. The van der Waals surface area contributed by atoms with Gasteiger partial charge >= 0.3 is 0 Å². The molecule has 1 aliphatic rings. The van der Waals surface area contributed by atoms with Crippen molar-refractivity contribution in [2.24, 2.45) is 0 Å². The van der Waals surface area contributed by atoms with Gasteiger partial charge in [-0.05, 0) is 36.6 Å². The van der Waals surface area contributed by atoms with Crippen molar-refractivity contribution in [3.8, 4) is 0 Å². The standard InChI is InChI=1S/C14H14F2N2O/c15-8-1-2-11-12(5-10-3-9(16)6-17-10)14(7-19)18-13(11)4-8/h1-2,4,7,9-10,17-18H,3,5-6H2. The Hall–Kier alpha value is -1.75. The Morgan fingerprint density at radius 2 is 2.26 bits per heavy atom. The van der Waals surface area contributed by atoms with Crippen LogP contribution in [0.25, 0.3) is 10.9 Å². The van der Waals surface area contributed by atoms with Crippen LogP contribution in [0.2, 0.25) is 0 Å². The molecule has 2 N–H and O–H groups in total. The molecule has 0 amide bonds. The molecule has 0 radical (unpaired) electrons. The van der Waals surface area contributed by atoms with Crippen molar-refractivity contribution >= 4 is 17.2 Å². The summed E-state index contributed by atoms with van der Waals surface area (Å²) in [6, 6.07) is 4.42. The van der Waals surface area contributed by atoms with Crippen molar-refractivity contribution in [2.75, 3.05) is 6.54 Å². The van der Waals surface area contributed by atoms with E-state index in [0.717, 1.165) is 17.2 Å². The second-order valence-electron chi connectivity index (χ2n) is 4.97. The first-order valence-electron chi connectivity index (χ1n) is 6.30. The van der Waals surface area contributed by atoms with Gasteiger partial charge in [0.2, 0.25) is 0 Å². The van der Waals surface area contributed by atoms with Crippen LogP contribution in [-0.4, -0.2) is 30.0 Å². The number of halogens is 2. The first-order chi connectivity index (χ1) is 9.17. The number of hydrogen-bond donors (Lipinski definition) is 2. The van der Waals surface area contributed by atoms with Crippen molar-refractivity contribution in [3.05, 3.63) is 35.3 Å². The summed E-state index contributed by atoms with van der Waals surface area (Å²) in [5.74, 6) is -0.347. The number of nitrogens with one attached hydrogen (secondary N) is 2. The Morgan fingerprint density at radius 1 is 1.42 bits per heavy atom. The van der Waals surface area contributed by atoms with Gasteiger partial charge in [-0.15, -0.1) is 0 Å². The van der Waals surface area contributed by atoms with Gasteiger partial charge in [-0.2, -0.15) is 0 Å². The van der Waals surface area contributed by atoms with Crippen molar-refractivity contribution in [2.45, 2.75) is 25.1 Å². The van der Waals surface area contributed by atoms with E-state index in [9.17, 15) is 13.6 Å². The molecule has 3 nitrogen and oxygen atoms in total. The Balaban J connectivity index is 1.98. The van der Waals surface area contributed by atoms with Crippen LogP contribution in [-0.2, 0) is 6.42 Å². The number of hydrogen-bond acceptors (Lipinski definition) is 2. The van der Waals surface area contributed by atoms with Crippen LogP contribution in [0.5, 0.6) is 0 Å². The molecule has 1 aromatic carbocycles. The Labute approximate surface area is 109 Å². The van der Waals surface area contributed by atoms with Gasteiger partial charge in [0.15, 0.2) is 6.29 Å². The number of H-pyrrole nitrogens is 1. The Kier molecular flexibility index (Phi) is 3.06. The summed E-state index contributed by atoms with van der Waals surface area (Å²) in [6.45, 7) is 0.359. The van der Waals surface area contributed by atoms with E-state index < -0.39 is 6.17 Å². The Morgan fingerprint density at radius 3 is 2.95 bits per heavy atom. The zero-order valence-corrected chi connectivity index (χ0v) is 10.2. The van der Waals surface area contributed by atoms with Crippen LogP contribution in [0.15, 0.2) is 18.2 Å². The highest BCUT2D eigenvalue weighted by atomic mass is 19.1. The summed E-state index contributed by atoms with van der Waals surface area (Å²) in [6.07, 6.45) is 0.925. The molecule has 1 saturated heterocycles. The molecule has 2 unspecified atom stereocenters. The smallest absolute Gasteiger partial charge is 0.166 e. The lowest BCUT2D eigenvalue weighted by atomic mass is 10.0. The van der Waals surface area contributed by atoms with Crippen molar-refractivity contribution < 1.29 is 13.6 Å². The summed E-state index contributed by atoms with van der Waals surface area (Å²) in [5, 5.41) is 3.92. The fourth-order valence-electron chi connectivity index (χ4n) is 2.74. The van der Waals surface area contributed by atoms with E-state index >= 15 is 0 Å². The quantitative estimate of drug-likeness (QED) is 0.836. The van der Waals surface area contributed by atoms with Gasteiger partial charge in [0, 0.05) is 23.5 Å². The molecule has 0 saturated carbocycles. The average Bonchev–Trinajstić information content (AvgIpc) is 2.94. The van der Waals surface area contributed by atoms with Gasteiger partial charge in [0.25, 0.3) is 0 Å². The summed E-state index contributed by atoms with van der Waals surface area (Å²) >= 11 is 0. The minimum absolute atomic E-state index is 0.0257. The SMILES string of the molecule is O=Cc1[nH]c2cc(F)ccc2c1CC1CC(F)CN1. The van der Waals surface area contributed by atoms with Crippen LogP contribution in [0.3, 0.4) is 0 Å². The number of rotatable bonds is 3. The minimum Gasteiger partial charge on any atom is -0.352 e. The summed E-state index contributed by atoms with van der Waals surface area (Å²) in [5.41, 5.74) is 1.88. The highest BCUT2D eigenvalue weighted by molar-refractivity contribution is 5.92. The normalized spacial score (nSPS) is 23.1. The van der Waals surface area contributed by atoms with E-state index in [0.29, 0.717) is 30.6 Å². The van der Waals surface area contributed by atoms with E-state index in [2.05, 4.69) is 10.3 Å². The molecular formula is C14H14F2N2O. The molecule has 1 aromatic heterocycles. The summed E-state index contributed by atoms with van der Waals surface area (Å²) < 4.78 is 26.3. The fourth-order valence-corrected chi connectivity index (χ4v) is 2.74. The topological polar surface area (TPSA) is 44.9 Å². The monoisotopic (exact) mass is 264 g/mol. The van der Waals surface area contributed by atoms with E-state index in [4.69, 9.17) is 0 Å². The van der Waals surface area contributed by atoms with Gasteiger partial charge < -0.3 is 10.3 Å². The van der Waals surface area contributed by atoms with Crippen molar-refractivity contribution in [3.63, 3.8) is 0 Å². The van der Waals surface area contributed by atoms with Crippen LogP contribution >= 0.6 is 0 Å². The zero-order valence-electron chi connectivity index (χ0n) is 10.2. The second-order valence-corrected chi connectivity index (χ2v) is 4.97. The predicted octanol–water partition coefficient (Wildman–Crippen LogP) is 2.36. The highest BCUT2D eigenvalue weighted by Gasteiger charge is 2.25. The molecule has 2 aromatic rings. The lowest BCUT2D eigenvalue weighted by Crippen LogP contribution is -2.24. The number of aromatic amines is 1. The van der Waals surface area contributed by atoms with Crippen LogP contribution in [0, 0.1) is 5.82 Å². The van der Waals surface area contributed by atoms with Gasteiger partial charge in [-0.1, -0.05) is 0 Å². The Bertz CT molecular complexity index is 623. The van der Waals surface area contributed by atoms with Crippen molar-refractivity contribution in [1.29, 1.82) is 0 Å².